The van der Waals surface area contributed by atoms with Gasteiger partial charge in [0.05, 0.1) is 25.5 Å². The summed E-state index contributed by atoms with van der Waals surface area (Å²) in [5, 5.41) is 13.0. The van der Waals surface area contributed by atoms with Gasteiger partial charge in [0.1, 0.15) is 6.07 Å². The van der Waals surface area contributed by atoms with E-state index in [4.69, 9.17) is 14.2 Å². The molecule has 1 aliphatic heterocycles. The molecule has 0 unspecified atom stereocenters. The maximum absolute atomic E-state index is 9.44. The average Bonchev–Trinajstić information content (AvgIpc) is 2.68. The topological polar surface area (TPSA) is 63.5 Å². The molecule has 6 heteroatoms. The van der Waals surface area contributed by atoms with Gasteiger partial charge in [0.2, 0.25) is 0 Å². The Morgan fingerprint density at radius 3 is 2.56 bits per heavy atom. The Kier molecular flexibility index (Phi) is 6.49. The first-order valence-electron chi connectivity index (χ1n) is 8.93. The van der Waals surface area contributed by atoms with E-state index in [1.54, 1.807) is 26.0 Å². The van der Waals surface area contributed by atoms with Gasteiger partial charge in [-0.1, -0.05) is 11.8 Å². The monoisotopic (exact) mass is 384 g/mol. The fraction of sp³-hybridized carbons (Fsp3) is 0.381. The zero-order valence-corrected chi connectivity index (χ0v) is 16.7. The second-order valence-electron chi connectivity index (χ2n) is 6.43. The second kappa shape index (κ2) is 9.03. The fourth-order valence-corrected chi connectivity index (χ4v) is 4.17. The van der Waals surface area contributed by atoms with Gasteiger partial charge >= 0.3 is 0 Å². The molecule has 1 aliphatic rings. The summed E-state index contributed by atoms with van der Waals surface area (Å²) in [6, 6.07) is 12.6. The van der Waals surface area contributed by atoms with Crippen LogP contribution in [0, 0.1) is 18.3 Å². The molecule has 0 atom stereocenters. The Morgan fingerprint density at radius 1 is 1.11 bits per heavy atom. The molecule has 0 aromatic heterocycles. The van der Waals surface area contributed by atoms with Crippen LogP contribution in [0.4, 0.5) is 5.69 Å². The van der Waals surface area contributed by atoms with Crippen molar-refractivity contribution in [1.82, 2.24) is 0 Å². The van der Waals surface area contributed by atoms with E-state index >= 15 is 0 Å². The van der Waals surface area contributed by atoms with Crippen molar-refractivity contribution in [2.75, 3.05) is 32.8 Å². The van der Waals surface area contributed by atoms with Crippen LogP contribution in [0.15, 0.2) is 40.1 Å². The van der Waals surface area contributed by atoms with Gasteiger partial charge in [0, 0.05) is 29.0 Å². The molecule has 2 aromatic rings. The predicted octanol–water partition coefficient (Wildman–Crippen LogP) is 4.63. The van der Waals surface area contributed by atoms with Crippen LogP contribution in [0.25, 0.3) is 0 Å². The molecule has 142 valence electrons. The third-order valence-corrected chi connectivity index (χ3v) is 5.53. The van der Waals surface area contributed by atoms with Crippen molar-refractivity contribution in [2.45, 2.75) is 35.6 Å². The molecule has 2 aromatic carbocycles. The molecule has 0 spiro atoms. The van der Waals surface area contributed by atoms with Gasteiger partial charge in [-0.05, 0) is 55.7 Å². The van der Waals surface area contributed by atoms with Crippen molar-refractivity contribution in [3.8, 4) is 17.6 Å². The van der Waals surface area contributed by atoms with E-state index in [1.807, 2.05) is 31.2 Å². The number of nitrogens with zero attached hydrogens (tertiary/aromatic N) is 1. The Bertz CT molecular complexity index is 842. The van der Waals surface area contributed by atoms with E-state index in [-0.39, 0.29) is 0 Å². The summed E-state index contributed by atoms with van der Waals surface area (Å²) >= 11 is 1.64. The van der Waals surface area contributed by atoms with Crippen LogP contribution in [-0.4, -0.2) is 33.5 Å². The molecule has 0 amide bonds. The number of anilines is 1. The number of ether oxygens (including phenoxy) is 3. The SMILES string of the molecule is COc1cc(Sc2ccc(C#N)c(NC3CCOCC3)c2)cc(C)c1OC. The fourth-order valence-electron chi connectivity index (χ4n) is 3.18. The molecule has 3 rings (SSSR count). The summed E-state index contributed by atoms with van der Waals surface area (Å²) in [5.41, 5.74) is 2.56. The van der Waals surface area contributed by atoms with Crippen molar-refractivity contribution in [3.63, 3.8) is 0 Å². The molecule has 5 nitrogen and oxygen atoms in total. The van der Waals surface area contributed by atoms with E-state index < -0.39 is 0 Å². The predicted molar refractivity (Wildman–Crippen MR) is 107 cm³/mol. The van der Waals surface area contributed by atoms with Crippen LogP contribution in [0.1, 0.15) is 24.0 Å². The lowest BCUT2D eigenvalue weighted by atomic mass is 10.1. The number of hydrogen-bond donors (Lipinski definition) is 1. The van der Waals surface area contributed by atoms with Crippen LogP contribution >= 0.6 is 11.8 Å². The number of rotatable bonds is 6. The molecular formula is C21H24N2O3S. The van der Waals surface area contributed by atoms with Gasteiger partial charge in [0.15, 0.2) is 11.5 Å². The lowest BCUT2D eigenvalue weighted by molar-refractivity contribution is 0.0904. The maximum atomic E-state index is 9.44. The van der Waals surface area contributed by atoms with E-state index in [9.17, 15) is 5.26 Å². The first kappa shape index (κ1) is 19.4. The normalized spacial score (nSPS) is 14.4. The lowest BCUT2D eigenvalue weighted by Gasteiger charge is -2.24. The minimum atomic E-state index is 0.342. The summed E-state index contributed by atoms with van der Waals surface area (Å²) in [5.74, 6) is 1.47. The van der Waals surface area contributed by atoms with Crippen LogP contribution in [0.2, 0.25) is 0 Å². The largest absolute Gasteiger partial charge is 0.493 e. The molecule has 0 aliphatic carbocycles. The third-order valence-electron chi connectivity index (χ3n) is 4.57. The van der Waals surface area contributed by atoms with Crippen LogP contribution < -0.4 is 14.8 Å². The summed E-state index contributed by atoms with van der Waals surface area (Å²) in [4.78, 5) is 2.13. The molecular weight excluding hydrogens is 360 g/mol. The van der Waals surface area contributed by atoms with Gasteiger partial charge in [-0.2, -0.15) is 5.26 Å². The van der Waals surface area contributed by atoms with Crippen LogP contribution in [-0.2, 0) is 4.74 Å². The van der Waals surface area contributed by atoms with Crippen molar-refractivity contribution in [2.24, 2.45) is 0 Å². The highest BCUT2D eigenvalue weighted by Gasteiger charge is 2.16. The smallest absolute Gasteiger partial charge is 0.163 e. The second-order valence-corrected chi connectivity index (χ2v) is 7.57. The van der Waals surface area contributed by atoms with Gasteiger partial charge in [-0.15, -0.1) is 0 Å². The molecule has 0 bridgehead atoms. The third kappa shape index (κ3) is 4.68. The highest BCUT2D eigenvalue weighted by Crippen LogP contribution is 2.39. The number of nitriles is 1. The Hall–Kier alpha value is -2.36. The van der Waals surface area contributed by atoms with Crippen molar-refractivity contribution < 1.29 is 14.2 Å². The highest BCUT2D eigenvalue weighted by molar-refractivity contribution is 7.99. The van der Waals surface area contributed by atoms with Gasteiger partial charge in [0.25, 0.3) is 0 Å². The Morgan fingerprint density at radius 2 is 1.89 bits per heavy atom. The average molecular weight is 385 g/mol. The van der Waals surface area contributed by atoms with E-state index in [1.165, 1.54) is 0 Å². The Labute approximate surface area is 164 Å². The minimum absolute atomic E-state index is 0.342. The first-order chi connectivity index (χ1) is 13.1. The van der Waals surface area contributed by atoms with E-state index in [0.29, 0.717) is 17.4 Å². The molecule has 27 heavy (non-hydrogen) atoms. The quantitative estimate of drug-likeness (QED) is 0.784. The Balaban J connectivity index is 1.84. The molecule has 1 heterocycles. The molecule has 1 N–H and O–H groups in total. The summed E-state index contributed by atoms with van der Waals surface area (Å²) < 4.78 is 16.3. The summed E-state index contributed by atoms with van der Waals surface area (Å²) in [6.45, 7) is 3.53. The molecule has 1 saturated heterocycles. The lowest BCUT2D eigenvalue weighted by Crippen LogP contribution is -2.28. The van der Waals surface area contributed by atoms with Gasteiger partial charge in [-0.25, -0.2) is 0 Å². The van der Waals surface area contributed by atoms with Gasteiger partial charge in [-0.3, -0.25) is 0 Å². The standard InChI is InChI=1S/C21H24N2O3S/c1-14-10-18(12-20(24-2)21(14)25-3)27-17-5-4-15(13-22)19(11-17)23-16-6-8-26-9-7-16/h4-5,10-12,16,23H,6-9H2,1-3H3. The van der Waals surface area contributed by atoms with E-state index in [2.05, 4.69) is 17.5 Å². The highest BCUT2D eigenvalue weighted by atomic mass is 32.2. The molecule has 0 saturated carbocycles. The maximum Gasteiger partial charge on any atom is 0.163 e. The van der Waals surface area contributed by atoms with Crippen molar-refractivity contribution >= 4 is 17.4 Å². The van der Waals surface area contributed by atoms with E-state index in [0.717, 1.165) is 52.8 Å². The number of hydrogen-bond acceptors (Lipinski definition) is 6. The number of benzene rings is 2. The number of methoxy groups -OCH3 is 2. The summed E-state index contributed by atoms with van der Waals surface area (Å²) in [6.07, 6.45) is 1.91. The summed E-state index contributed by atoms with van der Waals surface area (Å²) in [7, 11) is 3.29. The van der Waals surface area contributed by atoms with Crippen molar-refractivity contribution in [3.05, 3.63) is 41.5 Å². The zero-order valence-electron chi connectivity index (χ0n) is 15.9. The molecule has 0 radical (unpaired) electrons. The van der Waals surface area contributed by atoms with Crippen LogP contribution in [0.3, 0.4) is 0 Å². The molecule has 1 fully saturated rings. The number of nitrogens with one attached hydrogen (secondary N) is 1. The number of aryl methyl sites for hydroxylation is 1. The first-order valence-corrected chi connectivity index (χ1v) is 9.75. The zero-order chi connectivity index (χ0) is 19.2. The minimum Gasteiger partial charge on any atom is -0.493 e. The van der Waals surface area contributed by atoms with Crippen LogP contribution in [0.5, 0.6) is 11.5 Å². The van der Waals surface area contributed by atoms with Crippen molar-refractivity contribution in [1.29, 1.82) is 5.26 Å². The van der Waals surface area contributed by atoms with Gasteiger partial charge < -0.3 is 19.5 Å².